The predicted octanol–water partition coefficient (Wildman–Crippen LogP) is 4.58. The Morgan fingerprint density at radius 1 is 0.957 bits per heavy atom. The van der Waals surface area contributed by atoms with Gasteiger partial charge in [-0.3, -0.25) is 0 Å². The lowest BCUT2D eigenvalue weighted by molar-refractivity contribution is 0.287. The number of rotatable bonds is 9. The van der Waals surface area contributed by atoms with Crippen LogP contribution in [0.4, 0.5) is 0 Å². The summed E-state index contributed by atoms with van der Waals surface area (Å²) in [6.45, 7) is 6.94. The van der Waals surface area contributed by atoms with Crippen LogP contribution in [0.1, 0.15) is 25.0 Å². The first-order valence-electron chi connectivity index (χ1n) is 8.07. The summed E-state index contributed by atoms with van der Waals surface area (Å²) >= 11 is 3.62. The Bertz CT molecular complexity index is 602. The molecule has 2 aromatic rings. The standard InChI is InChI=1S/C19H24BrNO2/c1-3-22-18-12-16(17(20)13-19(18)23-4-2)14-21-11-10-15-8-6-5-7-9-15/h5-9,12-13,21H,3-4,10-11,14H2,1-2H3. The molecular formula is C19H24BrNO2. The van der Waals surface area contributed by atoms with Gasteiger partial charge in [0.05, 0.1) is 13.2 Å². The molecule has 0 saturated carbocycles. The molecule has 23 heavy (non-hydrogen) atoms. The van der Waals surface area contributed by atoms with Crippen molar-refractivity contribution in [3.05, 3.63) is 58.1 Å². The van der Waals surface area contributed by atoms with Crippen LogP contribution in [0.25, 0.3) is 0 Å². The van der Waals surface area contributed by atoms with E-state index < -0.39 is 0 Å². The van der Waals surface area contributed by atoms with Crippen molar-refractivity contribution in [2.75, 3.05) is 19.8 Å². The van der Waals surface area contributed by atoms with E-state index in [4.69, 9.17) is 9.47 Å². The van der Waals surface area contributed by atoms with Crippen LogP contribution in [0.5, 0.6) is 11.5 Å². The number of hydrogen-bond acceptors (Lipinski definition) is 3. The number of ether oxygens (including phenoxy) is 2. The van der Waals surface area contributed by atoms with Gasteiger partial charge < -0.3 is 14.8 Å². The summed E-state index contributed by atoms with van der Waals surface area (Å²) in [6.07, 6.45) is 1.02. The molecule has 0 fully saturated rings. The van der Waals surface area contributed by atoms with E-state index in [9.17, 15) is 0 Å². The lowest BCUT2D eigenvalue weighted by atomic mass is 10.1. The molecule has 0 atom stereocenters. The fourth-order valence-corrected chi connectivity index (χ4v) is 2.81. The van der Waals surface area contributed by atoms with Crippen LogP contribution in [0, 0.1) is 0 Å². The van der Waals surface area contributed by atoms with Crippen molar-refractivity contribution in [1.82, 2.24) is 5.32 Å². The van der Waals surface area contributed by atoms with Crippen molar-refractivity contribution in [1.29, 1.82) is 0 Å². The van der Waals surface area contributed by atoms with Crippen LogP contribution in [0.15, 0.2) is 46.9 Å². The third-order valence-electron chi connectivity index (χ3n) is 3.46. The summed E-state index contributed by atoms with van der Waals surface area (Å²) in [5.74, 6) is 1.59. The minimum absolute atomic E-state index is 0.626. The lowest BCUT2D eigenvalue weighted by Crippen LogP contribution is -2.17. The topological polar surface area (TPSA) is 30.5 Å². The van der Waals surface area contributed by atoms with Crippen molar-refractivity contribution in [2.45, 2.75) is 26.8 Å². The van der Waals surface area contributed by atoms with Crippen molar-refractivity contribution in [3.63, 3.8) is 0 Å². The highest BCUT2D eigenvalue weighted by atomic mass is 79.9. The monoisotopic (exact) mass is 377 g/mol. The predicted molar refractivity (Wildman–Crippen MR) is 98.3 cm³/mol. The molecule has 0 amide bonds. The molecule has 0 bridgehead atoms. The summed E-state index contributed by atoms with van der Waals surface area (Å²) in [5.41, 5.74) is 2.52. The van der Waals surface area contributed by atoms with Crippen molar-refractivity contribution in [3.8, 4) is 11.5 Å². The molecule has 0 aromatic heterocycles. The van der Waals surface area contributed by atoms with Gasteiger partial charge in [0, 0.05) is 11.0 Å². The van der Waals surface area contributed by atoms with E-state index >= 15 is 0 Å². The van der Waals surface area contributed by atoms with Crippen molar-refractivity contribution >= 4 is 15.9 Å². The Kier molecular flexibility index (Phi) is 7.43. The maximum atomic E-state index is 5.69. The second kappa shape index (κ2) is 9.58. The Morgan fingerprint density at radius 2 is 1.61 bits per heavy atom. The zero-order valence-electron chi connectivity index (χ0n) is 13.8. The first-order valence-corrected chi connectivity index (χ1v) is 8.86. The highest BCUT2D eigenvalue weighted by Crippen LogP contribution is 2.33. The molecule has 2 aromatic carbocycles. The smallest absolute Gasteiger partial charge is 0.162 e. The highest BCUT2D eigenvalue weighted by molar-refractivity contribution is 9.10. The zero-order chi connectivity index (χ0) is 16.5. The van der Waals surface area contributed by atoms with E-state index in [1.165, 1.54) is 11.1 Å². The molecular weight excluding hydrogens is 354 g/mol. The highest BCUT2D eigenvalue weighted by Gasteiger charge is 2.10. The van der Waals surface area contributed by atoms with E-state index in [0.717, 1.165) is 35.5 Å². The van der Waals surface area contributed by atoms with Gasteiger partial charge in [-0.1, -0.05) is 46.3 Å². The van der Waals surface area contributed by atoms with Crippen LogP contribution in [-0.4, -0.2) is 19.8 Å². The Morgan fingerprint density at radius 3 is 2.26 bits per heavy atom. The van der Waals surface area contributed by atoms with Gasteiger partial charge in [-0.05, 0) is 50.1 Å². The van der Waals surface area contributed by atoms with Crippen molar-refractivity contribution < 1.29 is 9.47 Å². The second-order valence-corrected chi connectivity index (χ2v) is 6.02. The summed E-state index contributed by atoms with van der Waals surface area (Å²) < 4.78 is 12.4. The van der Waals surface area contributed by atoms with Crippen LogP contribution in [0.2, 0.25) is 0 Å². The Labute approximate surface area is 147 Å². The Balaban J connectivity index is 1.94. The van der Waals surface area contributed by atoms with E-state index in [-0.39, 0.29) is 0 Å². The molecule has 0 unspecified atom stereocenters. The fraction of sp³-hybridized carbons (Fsp3) is 0.368. The SMILES string of the molecule is CCOc1cc(Br)c(CNCCc2ccccc2)cc1OCC. The van der Waals surface area contributed by atoms with E-state index in [1.54, 1.807) is 0 Å². The molecule has 3 nitrogen and oxygen atoms in total. The van der Waals surface area contributed by atoms with E-state index in [0.29, 0.717) is 13.2 Å². The first kappa shape index (κ1) is 17.8. The number of benzene rings is 2. The van der Waals surface area contributed by atoms with Gasteiger partial charge in [0.2, 0.25) is 0 Å². The van der Waals surface area contributed by atoms with Gasteiger partial charge in [0.15, 0.2) is 11.5 Å². The minimum atomic E-state index is 0.626. The summed E-state index contributed by atoms with van der Waals surface area (Å²) in [6, 6.07) is 14.5. The molecule has 1 N–H and O–H groups in total. The minimum Gasteiger partial charge on any atom is -0.490 e. The van der Waals surface area contributed by atoms with Gasteiger partial charge in [-0.2, -0.15) is 0 Å². The molecule has 124 valence electrons. The molecule has 0 aliphatic carbocycles. The van der Waals surface area contributed by atoms with Crippen LogP contribution < -0.4 is 14.8 Å². The Hall–Kier alpha value is -1.52. The van der Waals surface area contributed by atoms with Gasteiger partial charge in [-0.15, -0.1) is 0 Å². The van der Waals surface area contributed by atoms with Crippen LogP contribution >= 0.6 is 15.9 Å². The maximum Gasteiger partial charge on any atom is 0.162 e. The van der Waals surface area contributed by atoms with Gasteiger partial charge in [-0.25, -0.2) is 0 Å². The number of hydrogen-bond donors (Lipinski definition) is 1. The molecule has 0 aliphatic rings. The molecule has 0 aliphatic heterocycles. The number of halogens is 1. The molecule has 4 heteroatoms. The van der Waals surface area contributed by atoms with Gasteiger partial charge in [0.25, 0.3) is 0 Å². The largest absolute Gasteiger partial charge is 0.490 e. The zero-order valence-corrected chi connectivity index (χ0v) is 15.4. The van der Waals surface area contributed by atoms with E-state index in [1.807, 2.05) is 32.0 Å². The summed E-state index contributed by atoms with van der Waals surface area (Å²) in [4.78, 5) is 0. The number of nitrogens with one attached hydrogen (secondary N) is 1. The molecule has 2 rings (SSSR count). The third-order valence-corrected chi connectivity index (χ3v) is 4.20. The summed E-state index contributed by atoms with van der Waals surface area (Å²) in [5, 5.41) is 3.49. The van der Waals surface area contributed by atoms with Crippen molar-refractivity contribution in [2.24, 2.45) is 0 Å². The molecule has 0 radical (unpaired) electrons. The normalized spacial score (nSPS) is 10.6. The molecule has 0 spiro atoms. The molecule has 0 saturated heterocycles. The molecule has 0 heterocycles. The van der Waals surface area contributed by atoms with E-state index in [2.05, 4.69) is 45.5 Å². The lowest BCUT2D eigenvalue weighted by Gasteiger charge is -2.14. The third kappa shape index (κ3) is 5.56. The van der Waals surface area contributed by atoms with Crippen LogP contribution in [-0.2, 0) is 13.0 Å². The quantitative estimate of drug-likeness (QED) is 0.648. The second-order valence-electron chi connectivity index (χ2n) is 5.17. The average molecular weight is 378 g/mol. The summed E-state index contributed by atoms with van der Waals surface area (Å²) in [7, 11) is 0. The maximum absolute atomic E-state index is 5.69. The average Bonchev–Trinajstić information content (AvgIpc) is 2.56. The fourth-order valence-electron chi connectivity index (χ4n) is 2.35. The van der Waals surface area contributed by atoms with Gasteiger partial charge in [0.1, 0.15) is 0 Å². The van der Waals surface area contributed by atoms with Gasteiger partial charge >= 0.3 is 0 Å². The van der Waals surface area contributed by atoms with Crippen LogP contribution in [0.3, 0.4) is 0 Å². The first-order chi connectivity index (χ1) is 11.2.